The molecule has 0 aliphatic heterocycles. The molecule has 0 aromatic heterocycles. The van der Waals surface area contributed by atoms with Crippen LogP contribution < -0.4 is 10.6 Å². The average Bonchev–Trinajstić information content (AvgIpc) is 2.43. The van der Waals surface area contributed by atoms with Gasteiger partial charge in [-0.2, -0.15) is 0 Å². The van der Waals surface area contributed by atoms with Gasteiger partial charge in [-0.25, -0.2) is 4.79 Å². The molecule has 4 nitrogen and oxygen atoms in total. The summed E-state index contributed by atoms with van der Waals surface area (Å²) in [6.45, 7) is 14.1. The summed E-state index contributed by atoms with van der Waals surface area (Å²) in [6.07, 6.45) is -0.147. The van der Waals surface area contributed by atoms with Crippen LogP contribution in [0.2, 0.25) is 18.1 Å². The van der Waals surface area contributed by atoms with Gasteiger partial charge < -0.3 is 15.1 Å². The average molecular weight is 401 g/mol. The van der Waals surface area contributed by atoms with Crippen molar-refractivity contribution in [2.24, 2.45) is 0 Å². The number of hydrogen-bond acceptors (Lipinski definition) is 2. The molecule has 1 unspecified atom stereocenters. The molecule has 1 aromatic carbocycles. The zero-order valence-corrected chi connectivity index (χ0v) is 17.6. The van der Waals surface area contributed by atoms with Gasteiger partial charge in [0.1, 0.15) is 0 Å². The minimum absolute atomic E-state index is 0.117. The maximum Gasteiger partial charge on any atom is 0.314 e. The van der Waals surface area contributed by atoms with E-state index in [1.54, 1.807) is 0 Å². The maximum absolute atomic E-state index is 11.7. The predicted molar refractivity (Wildman–Crippen MR) is 102 cm³/mol. The lowest BCUT2D eigenvalue weighted by Crippen LogP contribution is -2.45. The summed E-state index contributed by atoms with van der Waals surface area (Å²) in [4.78, 5) is 11.7. The number of carbonyl (C=O) groups excluding carboxylic acids is 1. The topological polar surface area (TPSA) is 50.4 Å². The van der Waals surface area contributed by atoms with Gasteiger partial charge in [-0.05, 0) is 42.8 Å². The molecule has 1 aromatic rings. The lowest BCUT2D eigenvalue weighted by molar-refractivity contribution is 0.178. The smallest absolute Gasteiger partial charge is 0.314 e. The van der Waals surface area contributed by atoms with Crippen LogP contribution >= 0.6 is 15.9 Å². The van der Waals surface area contributed by atoms with Gasteiger partial charge in [0.05, 0.1) is 6.10 Å². The molecule has 0 aliphatic rings. The molecule has 2 N–H and O–H groups in total. The van der Waals surface area contributed by atoms with Crippen LogP contribution in [0.3, 0.4) is 0 Å². The maximum atomic E-state index is 11.7. The van der Waals surface area contributed by atoms with Crippen LogP contribution in [0.5, 0.6) is 0 Å². The highest BCUT2D eigenvalue weighted by Gasteiger charge is 2.39. The lowest BCUT2D eigenvalue weighted by Gasteiger charge is -2.39. The van der Waals surface area contributed by atoms with Crippen LogP contribution in [-0.2, 0) is 4.43 Å². The first kappa shape index (κ1) is 20.2. The van der Waals surface area contributed by atoms with Crippen LogP contribution in [0.1, 0.15) is 39.4 Å². The number of halogens is 1. The minimum atomic E-state index is -1.94. The summed E-state index contributed by atoms with van der Waals surface area (Å²) in [5.74, 6) is 0. The van der Waals surface area contributed by atoms with Gasteiger partial charge in [-0.3, -0.25) is 0 Å². The molecule has 0 fully saturated rings. The fraction of sp³-hybridized carbons (Fsp3) is 0.588. The highest BCUT2D eigenvalue weighted by atomic mass is 79.9. The van der Waals surface area contributed by atoms with E-state index in [0.717, 1.165) is 10.0 Å². The molecule has 0 spiro atoms. The van der Waals surface area contributed by atoms with Crippen LogP contribution in [0, 0.1) is 0 Å². The second kappa shape index (κ2) is 8.31. The first-order valence-corrected chi connectivity index (χ1v) is 11.7. The van der Waals surface area contributed by atoms with Gasteiger partial charge in [0.25, 0.3) is 0 Å². The van der Waals surface area contributed by atoms with Gasteiger partial charge in [-0.15, -0.1) is 0 Å². The van der Waals surface area contributed by atoms with E-state index in [1.165, 1.54) is 0 Å². The Morgan fingerprint density at radius 3 is 2.26 bits per heavy atom. The zero-order valence-electron chi connectivity index (χ0n) is 15.0. The Balaban J connectivity index is 2.92. The summed E-state index contributed by atoms with van der Waals surface area (Å²) in [5, 5.41) is 5.78. The van der Waals surface area contributed by atoms with Gasteiger partial charge in [0.15, 0.2) is 8.32 Å². The summed E-state index contributed by atoms with van der Waals surface area (Å²) in [6, 6.07) is 7.93. The molecule has 0 aliphatic carbocycles. The Morgan fingerprint density at radius 1 is 1.22 bits per heavy atom. The Morgan fingerprint density at radius 2 is 1.78 bits per heavy atom. The monoisotopic (exact) mass is 400 g/mol. The molecule has 1 rings (SSSR count). The third-order valence-corrected chi connectivity index (χ3v) is 9.29. The standard InChI is InChI=1S/C17H29BrN2O2Si/c1-7-19-16(21)20-12-15(13-8-10-14(18)11-9-13)22-23(5,6)17(2,3)4/h8-11,15H,7,12H2,1-6H3,(H2,19,20,21). The number of nitrogens with one attached hydrogen (secondary N) is 2. The van der Waals surface area contributed by atoms with Crippen molar-refractivity contribution >= 4 is 30.3 Å². The van der Waals surface area contributed by atoms with Crippen LogP contribution in [0.4, 0.5) is 4.79 Å². The summed E-state index contributed by atoms with van der Waals surface area (Å²) < 4.78 is 7.57. The van der Waals surface area contributed by atoms with E-state index in [1.807, 2.05) is 31.2 Å². The van der Waals surface area contributed by atoms with Crippen LogP contribution in [0.15, 0.2) is 28.7 Å². The normalized spacial score (nSPS) is 13.5. The fourth-order valence-electron chi connectivity index (χ4n) is 1.85. The van der Waals surface area contributed by atoms with Crippen molar-refractivity contribution in [2.45, 2.75) is 51.9 Å². The number of urea groups is 1. The molecule has 23 heavy (non-hydrogen) atoms. The largest absolute Gasteiger partial charge is 0.408 e. The summed E-state index contributed by atoms with van der Waals surface area (Å²) in [5.41, 5.74) is 1.08. The van der Waals surface area contributed by atoms with E-state index in [0.29, 0.717) is 13.1 Å². The third-order valence-electron chi connectivity index (χ3n) is 4.27. The first-order valence-electron chi connectivity index (χ1n) is 8.02. The summed E-state index contributed by atoms with van der Waals surface area (Å²) in [7, 11) is -1.94. The highest BCUT2D eigenvalue weighted by molar-refractivity contribution is 9.10. The molecule has 130 valence electrons. The van der Waals surface area contributed by atoms with Crippen LogP contribution in [-0.4, -0.2) is 27.4 Å². The molecule has 0 bridgehead atoms. The Bertz CT molecular complexity index is 512. The van der Waals surface area contributed by atoms with Gasteiger partial charge in [-0.1, -0.05) is 48.8 Å². The molecule has 0 radical (unpaired) electrons. The quantitative estimate of drug-likeness (QED) is 0.671. The molecule has 1 atom stereocenters. The van der Waals surface area contributed by atoms with Crippen molar-refractivity contribution < 1.29 is 9.22 Å². The molecular weight excluding hydrogens is 372 g/mol. The van der Waals surface area contributed by atoms with Crippen molar-refractivity contribution in [2.75, 3.05) is 13.1 Å². The Labute approximate surface area is 149 Å². The van der Waals surface area contributed by atoms with Crippen LogP contribution in [0.25, 0.3) is 0 Å². The number of hydrogen-bond donors (Lipinski definition) is 2. The molecule has 0 heterocycles. The van der Waals surface area contributed by atoms with Crippen molar-refractivity contribution in [3.63, 3.8) is 0 Å². The van der Waals surface area contributed by atoms with Crippen molar-refractivity contribution in [1.82, 2.24) is 10.6 Å². The van der Waals surface area contributed by atoms with E-state index < -0.39 is 8.32 Å². The highest BCUT2D eigenvalue weighted by Crippen LogP contribution is 2.39. The second-order valence-corrected chi connectivity index (χ2v) is 12.8. The van der Waals surface area contributed by atoms with E-state index in [4.69, 9.17) is 4.43 Å². The van der Waals surface area contributed by atoms with Gasteiger partial charge in [0, 0.05) is 17.6 Å². The van der Waals surface area contributed by atoms with E-state index >= 15 is 0 Å². The molecule has 2 amide bonds. The predicted octanol–water partition coefficient (Wildman–Crippen LogP) is 4.83. The van der Waals surface area contributed by atoms with Gasteiger partial charge >= 0.3 is 6.03 Å². The Hall–Kier alpha value is -0.853. The summed E-state index contributed by atoms with van der Waals surface area (Å²) >= 11 is 3.46. The fourth-order valence-corrected chi connectivity index (χ4v) is 3.39. The Kier molecular flexibility index (Phi) is 7.29. The molecule has 0 saturated heterocycles. The second-order valence-electron chi connectivity index (χ2n) is 7.16. The number of carbonyl (C=O) groups is 1. The number of amides is 2. The van der Waals surface area contributed by atoms with E-state index in [-0.39, 0.29) is 17.2 Å². The van der Waals surface area contributed by atoms with Gasteiger partial charge in [0.2, 0.25) is 0 Å². The molecule has 6 heteroatoms. The molecular formula is C17H29BrN2O2Si. The van der Waals surface area contributed by atoms with Crippen molar-refractivity contribution in [3.05, 3.63) is 34.3 Å². The minimum Gasteiger partial charge on any atom is -0.408 e. The molecule has 0 saturated carbocycles. The van der Waals surface area contributed by atoms with E-state index in [9.17, 15) is 4.79 Å². The van der Waals surface area contributed by atoms with Crippen molar-refractivity contribution in [3.8, 4) is 0 Å². The zero-order chi connectivity index (χ0) is 17.7. The number of rotatable bonds is 6. The number of benzene rings is 1. The SMILES string of the molecule is CCNC(=O)NCC(O[Si](C)(C)C(C)(C)C)c1ccc(Br)cc1. The third kappa shape index (κ3) is 6.28. The van der Waals surface area contributed by atoms with E-state index in [2.05, 4.69) is 60.4 Å². The van der Waals surface area contributed by atoms with Crippen molar-refractivity contribution in [1.29, 1.82) is 0 Å². The lowest BCUT2D eigenvalue weighted by atomic mass is 10.1. The first-order chi connectivity index (χ1) is 10.6.